The van der Waals surface area contributed by atoms with E-state index >= 15 is 0 Å². The molecule has 2 fully saturated rings. The Balaban J connectivity index is 1.45. The number of sulfone groups is 1. The van der Waals surface area contributed by atoms with E-state index in [9.17, 15) is 22.8 Å². The lowest BCUT2D eigenvalue weighted by Crippen LogP contribution is -2.49. The summed E-state index contributed by atoms with van der Waals surface area (Å²) in [4.78, 5) is 46.1. The molecule has 218 valence electrons. The highest BCUT2D eigenvalue weighted by atomic mass is 32.2. The Labute approximate surface area is 244 Å². The molecule has 11 heteroatoms. The lowest BCUT2D eigenvalue weighted by molar-refractivity contribution is -0.133. The molecule has 0 bridgehead atoms. The molecular formula is C30H35N3O6S2. The number of methoxy groups -OCH3 is 1. The van der Waals surface area contributed by atoms with Crippen LogP contribution in [0.2, 0.25) is 0 Å². The maximum atomic E-state index is 13.8. The predicted octanol–water partition coefficient (Wildman–Crippen LogP) is 3.87. The van der Waals surface area contributed by atoms with Crippen molar-refractivity contribution >= 4 is 44.4 Å². The largest absolute Gasteiger partial charge is 0.465 e. The van der Waals surface area contributed by atoms with Crippen molar-refractivity contribution in [1.82, 2.24) is 14.5 Å². The summed E-state index contributed by atoms with van der Waals surface area (Å²) in [6.07, 6.45) is 5.98. The van der Waals surface area contributed by atoms with E-state index in [1.165, 1.54) is 24.9 Å². The first kappa shape index (κ1) is 29.3. The number of thioether (sulfide) groups is 1. The van der Waals surface area contributed by atoms with Crippen LogP contribution in [-0.2, 0) is 32.3 Å². The average Bonchev–Trinajstić information content (AvgIpc) is 3.34. The minimum atomic E-state index is -3.16. The lowest BCUT2D eigenvalue weighted by atomic mass is 9.93. The molecule has 0 radical (unpaired) electrons. The van der Waals surface area contributed by atoms with Crippen LogP contribution >= 0.6 is 11.8 Å². The molecule has 41 heavy (non-hydrogen) atoms. The number of nitrogens with zero attached hydrogens (tertiary/aromatic N) is 3. The Kier molecular flexibility index (Phi) is 9.13. The summed E-state index contributed by atoms with van der Waals surface area (Å²) < 4.78 is 31.0. The van der Waals surface area contributed by atoms with Gasteiger partial charge in [-0.05, 0) is 49.4 Å². The van der Waals surface area contributed by atoms with Crippen molar-refractivity contribution in [1.29, 1.82) is 0 Å². The normalized spacial score (nSPS) is 18.8. The Morgan fingerprint density at radius 1 is 1.05 bits per heavy atom. The highest BCUT2D eigenvalue weighted by Gasteiger charge is 2.38. The van der Waals surface area contributed by atoms with Gasteiger partial charge in [0.05, 0.1) is 40.8 Å². The van der Waals surface area contributed by atoms with E-state index in [2.05, 4.69) is 0 Å². The van der Waals surface area contributed by atoms with Crippen LogP contribution in [0, 0.1) is 0 Å². The zero-order valence-corrected chi connectivity index (χ0v) is 24.8. The number of carbonyl (C=O) groups excluding carboxylic acids is 2. The number of hydrogen-bond donors (Lipinski definition) is 0. The Morgan fingerprint density at radius 2 is 1.80 bits per heavy atom. The summed E-state index contributed by atoms with van der Waals surface area (Å²) >= 11 is 1.19. The molecule has 1 saturated heterocycles. The van der Waals surface area contributed by atoms with E-state index in [4.69, 9.17) is 9.72 Å². The fraction of sp³-hybridized carbons (Fsp3) is 0.467. The smallest absolute Gasteiger partial charge is 0.337 e. The van der Waals surface area contributed by atoms with E-state index in [1.807, 2.05) is 35.2 Å². The first-order valence-corrected chi connectivity index (χ1v) is 16.9. The number of aromatic nitrogens is 2. The first-order valence-electron chi connectivity index (χ1n) is 14.1. The van der Waals surface area contributed by atoms with Crippen molar-refractivity contribution in [2.24, 2.45) is 0 Å². The summed E-state index contributed by atoms with van der Waals surface area (Å²) in [6.45, 7) is 0.369. The minimum Gasteiger partial charge on any atom is -0.465 e. The van der Waals surface area contributed by atoms with Gasteiger partial charge in [0.2, 0.25) is 5.91 Å². The molecule has 2 aromatic carbocycles. The topological polar surface area (TPSA) is 116 Å². The second-order valence-electron chi connectivity index (χ2n) is 10.7. The number of ether oxygens (including phenoxy) is 1. The number of benzene rings is 2. The summed E-state index contributed by atoms with van der Waals surface area (Å²) in [5.74, 6) is -0.508. The molecular weight excluding hydrogens is 562 g/mol. The summed E-state index contributed by atoms with van der Waals surface area (Å²) in [6, 6.07) is 14.2. The maximum absolute atomic E-state index is 13.8. The Hall–Kier alpha value is -3.18. The molecule has 2 aliphatic rings. The van der Waals surface area contributed by atoms with Gasteiger partial charge in [-0.1, -0.05) is 61.4 Å². The zero-order chi connectivity index (χ0) is 29.0. The van der Waals surface area contributed by atoms with Crippen LogP contribution in [0.5, 0.6) is 0 Å². The van der Waals surface area contributed by atoms with Crippen LogP contribution in [0.3, 0.4) is 0 Å². The van der Waals surface area contributed by atoms with E-state index < -0.39 is 15.8 Å². The van der Waals surface area contributed by atoms with Gasteiger partial charge >= 0.3 is 5.97 Å². The van der Waals surface area contributed by atoms with Crippen molar-refractivity contribution in [2.45, 2.75) is 68.7 Å². The van der Waals surface area contributed by atoms with Gasteiger partial charge in [-0.15, -0.1) is 0 Å². The van der Waals surface area contributed by atoms with Crippen LogP contribution in [-0.4, -0.2) is 71.2 Å². The van der Waals surface area contributed by atoms with E-state index in [-0.39, 0.29) is 46.4 Å². The van der Waals surface area contributed by atoms with Gasteiger partial charge in [0.1, 0.15) is 0 Å². The fourth-order valence-corrected chi connectivity index (χ4v) is 8.50. The third kappa shape index (κ3) is 6.83. The second-order valence-corrected chi connectivity index (χ2v) is 13.9. The van der Waals surface area contributed by atoms with Crippen molar-refractivity contribution in [2.75, 3.05) is 24.4 Å². The molecule has 0 unspecified atom stereocenters. The van der Waals surface area contributed by atoms with E-state index in [0.717, 1.165) is 37.7 Å². The van der Waals surface area contributed by atoms with Crippen molar-refractivity contribution < 1.29 is 22.7 Å². The van der Waals surface area contributed by atoms with Gasteiger partial charge < -0.3 is 9.64 Å². The highest BCUT2D eigenvalue weighted by molar-refractivity contribution is 7.99. The number of hydrogen-bond acceptors (Lipinski definition) is 8. The van der Waals surface area contributed by atoms with Crippen LogP contribution < -0.4 is 5.56 Å². The molecule has 1 atom stereocenters. The van der Waals surface area contributed by atoms with Gasteiger partial charge in [-0.3, -0.25) is 14.2 Å². The van der Waals surface area contributed by atoms with Crippen molar-refractivity contribution in [3.05, 3.63) is 70.0 Å². The van der Waals surface area contributed by atoms with Crippen molar-refractivity contribution in [3.8, 4) is 0 Å². The molecule has 1 aliphatic carbocycles. The summed E-state index contributed by atoms with van der Waals surface area (Å²) in [5.41, 5.74) is 1.46. The first-order chi connectivity index (χ1) is 19.8. The van der Waals surface area contributed by atoms with Gasteiger partial charge in [0.25, 0.3) is 5.56 Å². The fourth-order valence-electron chi connectivity index (χ4n) is 5.90. The third-order valence-corrected chi connectivity index (χ3v) is 10.7. The van der Waals surface area contributed by atoms with Crippen molar-refractivity contribution in [3.63, 3.8) is 0 Å². The van der Waals surface area contributed by atoms with Crippen LogP contribution in [0.15, 0.2) is 58.5 Å². The molecule has 1 aliphatic heterocycles. The van der Waals surface area contributed by atoms with Gasteiger partial charge in [-0.2, -0.15) is 0 Å². The highest BCUT2D eigenvalue weighted by Crippen LogP contribution is 2.30. The zero-order valence-electron chi connectivity index (χ0n) is 23.2. The molecule has 0 N–H and O–H groups in total. The molecule has 1 amide bonds. The molecule has 5 rings (SSSR count). The van der Waals surface area contributed by atoms with Gasteiger partial charge in [0.15, 0.2) is 15.0 Å². The molecule has 3 aromatic rings. The predicted molar refractivity (Wildman–Crippen MR) is 159 cm³/mol. The third-order valence-electron chi connectivity index (χ3n) is 7.99. The number of esters is 1. The molecule has 1 saturated carbocycles. The number of rotatable bonds is 9. The van der Waals surface area contributed by atoms with Crippen LogP contribution in [0.1, 0.15) is 54.4 Å². The number of fused-ring (bicyclic) bond motifs is 1. The number of amides is 1. The number of aryl methyl sites for hydroxylation is 1. The molecule has 9 nitrogen and oxygen atoms in total. The van der Waals surface area contributed by atoms with E-state index in [1.54, 1.807) is 16.7 Å². The standard InChI is InChI=1S/C30H35N3O6S2/c1-39-29(36)22-12-13-25-26(18-22)31-30(32(28(25)35)16-14-21-8-4-2-5-9-21)40-19-27(34)33(23-10-6-3-7-11-23)24-15-17-41(37,38)20-24/h2,4-5,8-9,12-13,18,23-24H,3,6-7,10-11,14-17,19-20H2,1H3/t24-/m0/s1. The van der Waals surface area contributed by atoms with Crippen LogP contribution in [0.25, 0.3) is 10.9 Å². The van der Waals surface area contributed by atoms with E-state index in [0.29, 0.717) is 35.4 Å². The van der Waals surface area contributed by atoms with Crippen LogP contribution in [0.4, 0.5) is 0 Å². The summed E-state index contributed by atoms with van der Waals surface area (Å²) in [7, 11) is -1.87. The average molecular weight is 598 g/mol. The molecule has 2 heterocycles. The number of carbonyl (C=O) groups is 2. The molecule has 0 spiro atoms. The second kappa shape index (κ2) is 12.8. The van der Waals surface area contributed by atoms with Gasteiger partial charge in [-0.25, -0.2) is 18.2 Å². The maximum Gasteiger partial charge on any atom is 0.337 e. The minimum absolute atomic E-state index is 0.00617. The molecule has 1 aromatic heterocycles. The summed E-state index contributed by atoms with van der Waals surface area (Å²) in [5, 5.41) is 0.762. The Bertz CT molecular complexity index is 1580. The monoisotopic (exact) mass is 597 g/mol. The quantitative estimate of drug-likeness (QED) is 0.207. The Morgan fingerprint density at radius 3 is 2.49 bits per heavy atom. The lowest BCUT2D eigenvalue weighted by Gasteiger charge is -2.38. The van der Waals surface area contributed by atoms with Gasteiger partial charge in [0, 0.05) is 18.6 Å². The SMILES string of the molecule is COC(=O)c1ccc2c(=O)n(CCc3ccccc3)c(SCC(=O)N(C3CCCCC3)[C@H]3CCS(=O)(=O)C3)nc2c1.